The first-order valence-corrected chi connectivity index (χ1v) is 6.39. The molecule has 0 saturated carbocycles. The van der Waals surface area contributed by atoms with Crippen LogP contribution in [0.2, 0.25) is 0 Å². The van der Waals surface area contributed by atoms with E-state index in [-0.39, 0.29) is 0 Å². The van der Waals surface area contributed by atoms with E-state index in [0.717, 1.165) is 29.4 Å². The van der Waals surface area contributed by atoms with Gasteiger partial charge in [-0.1, -0.05) is 0 Å². The lowest BCUT2D eigenvalue weighted by Gasteiger charge is -2.13. The number of aliphatic imine (C=N–C) groups is 2. The predicted molar refractivity (Wildman–Crippen MR) is 79.3 cm³/mol. The highest BCUT2D eigenvalue weighted by Crippen LogP contribution is 2.25. The fourth-order valence-electron chi connectivity index (χ4n) is 2.21. The fourth-order valence-corrected chi connectivity index (χ4v) is 2.21. The van der Waals surface area contributed by atoms with E-state index in [1.165, 1.54) is 6.33 Å². The molecule has 0 atom stereocenters. The van der Waals surface area contributed by atoms with Gasteiger partial charge >= 0.3 is 0 Å². The number of rotatable bonds is 3. The van der Waals surface area contributed by atoms with Crippen LogP contribution in [-0.4, -0.2) is 38.6 Å². The molecule has 0 saturated heterocycles. The average Bonchev–Trinajstić information content (AvgIpc) is 2.86. The highest BCUT2D eigenvalue weighted by molar-refractivity contribution is 5.88. The van der Waals surface area contributed by atoms with Crippen LogP contribution < -0.4 is 5.32 Å². The first-order chi connectivity index (χ1) is 9.74. The number of hydrogen-bond donors (Lipinski definition) is 1. The molecule has 20 heavy (non-hydrogen) atoms. The Morgan fingerprint density at radius 3 is 2.95 bits per heavy atom. The maximum Gasteiger partial charge on any atom is 0.182 e. The van der Waals surface area contributed by atoms with E-state index in [4.69, 9.17) is 0 Å². The average molecular weight is 269 g/mol. The Hall–Kier alpha value is -2.57. The second-order valence-electron chi connectivity index (χ2n) is 4.42. The van der Waals surface area contributed by atoms with Gasteiger partial charge < -0.3 is 9.88 Å². The van der Waals surface area contributed by atoms with Gasteiger partial charge in [0.05, 0.1) is 12.4 Å². The molecule has 3 rings (SSSR count). The second kappa shape index (κ2) is 4.84. The molecule has 0 aliphatic carbocycles. The summed E-state index contributed by atoms with van der Waals surface area (Å²) in [4.78, 5) is 21.3. The number of aryl methyl sites for hydroxylation is 1. The van der Waals surface area contributed by atoms with Crippen molar-refractivity contribution in [2.75, 3.05) is 6.54 Å². The summed E-state index contributed by atoms with van der Waals surface area (Å²) in [6, 6.07) is 0. The zero-order valence-corrected chi connectivity index (χ0v) is 11.5. The Morgan fingerprint density at radius 2 is 2.30 bits per heavy atom. The molecule has 0 spiro atoms. The number of aromatic nitrogens is 4. The molecule has 1 aliphatic rings. The van der Waals surface area contributed by atoms with Crippen molar-refractivity contribution < 1.29 is 0 Å². The Balaban J connectivity index is 2.19. The van der Waals surface area contributed by atoms with Crippen molar-refractivity contribution in [2.24, 2.45) is 9.98 Å². The number of nitrogens with one attached hydrogen (secondary N) is 1. The molecule has 0 unspecified atom stereocenters. The largest absolute Gasteiger partial charge is 0.350 e. The van der Waals surface area contributed by atoms with E-state index >= 15 is 0 Å². The summed E-state index contributed by atoms with van der Waals surface area (Å²) < 4.78 is 2.04. The van der Waals surface area contributed by atoms with E-state index in [9.17, 15) is 0 Å². The van der Waals surface area contributed by atoms with Crippen molar-refractivity contribution in [3.63, 3.8) is 0 Å². The molecule has 0 radical (unpaired) electrons. The summed E-state index contributed by atoms with van der Waals surface area (Å²) in [5, 5.41) is 3.12. The molecule has 2 aromatic heterocycles. The van der Waals surface area contributed by atoms with Crippen LogP contribution in [0, 0.1) is 0 Å². The predicted octanol–water partition coefficient (Wildman–Crippen LogP) is 1.54. The molecule has 0 amide bonds. The Labute approximate surface area is 116 Å². The van der Waals surface area contributed by atoms with Crippen molar-refractivity contribution in [1.82, 2.24) is 24.8 Å². The fraction of sp³-hybridized carbons (Fsp3) is 0.308. The number of fused-ring (bicyclic) bond motifs is 1. The molecule has 1 N–H and O–H groups in total. The summed E-state index contributed by atoms with van der Waals surface area (Å²) in [7, 11) is 0. The lowest BCUT2D eigenvalue weighted by molar-refractivity contribution is 0.760. The summed E-state index contributed by atoms with van der Waals surface area (Å²) in [5.74, 6) is 2.25. The maximum absolute atomic E-state index is 4.63. The Kier molecular flexibility index (Phi) is 3.02. The third-order valence-corrected chi connectivity index (χ3v) is 3.21. The monoisotopic (exact) mass is 269 g/mol. The molecule has 102 valence electrons. The molecule has 1 aliphatic heterocycles. The third kappa shape index (κ3) is 1.87. The van der Waals surface area contributed by atoms with Gasteiger partial charge in [0.15, 0.2) is 17.0 Å². The summed E-state index contributed by atoms with van der Waals surface area (Å²) in [5.41, 5.74) is 2.46. The number of nitrogens with zero attached hydrogens (tertiary/aromatic N) is 6. The molecule has 2 aromatic rings. The quantitative estimate of drug-likeness (QED) is 0.857. The van der Waals surface area contributed by atoms with Gasteiger partial charge in [0, 0.05) is 18.3 Å². The van der Waals surface area contributed by atoms with Crippen LogP contribution >= 0.6 is 0 Å². The molecule has 0 aromatic carbocycles. The van der Waals surface area contributed by atoms with Crippen LogP contribution in [0.25, 0.3) is 16.7 Å². The number of amidine groups is 1. The van der Waals surface area contributed by atoms with Gasteiger partial charge in [0.1, 0.15) is 12.2 Å². The molecule has 7 nitrogen and oxygen atoms in total. The molecule has 0 fully saturated rings. The zero-order valence-electron chi connectivity index (χ0n) is 11.5. The van der Waals surface area contributed by atoms with Gasteiger partial charge in [-0.2, -0.15) is 0 Å². The van der Waals surface area contributed by atoms with Gasteiger partial charge in [-0.15, -0.1) is 0 Å². The van der Waals surface area contributed by atoms with Crippen molar-refractivity contribution in [2.45, 2.75) is 20.4 Å². The minimum Gasteiger partial charge on any atom is -0.350 e. The SMILES string of the molecule is C=Nc1ncnc2c1nc(C1=CNC(C)=NC1)n2CC. The van der Waals surface area contributed by atoms with E-state index < -0.39 is 0 Å². The van der Waals surface area contributed by atoms with Crippen LogP contribution in [0.5, 0.6) is 0 Å². The van der Waals surface area contributed by atoms with Crippen LogP contribution in [0.3, 0.4) is 0 Å². The lowest BCUT2D eigenvalue weighted by Crippen LogP contribution is -2.20. The van der Waals surface area contributed by atoms with E-state index in [2.05, 4.69) is 43.9 Å². The second-order valence-corrected chi connectivity index (χ2v) is 4.42. The molecule has 0 bridgehead atoms. The van der Waals surface area contributed by atoms with Crippen LogP contribution in [-0.2, 0) is 6.54 Å². The molecular formula is C13H15N7. The Morgan fingerprint density at radius 1 is 1.45 bits per heavy atom. The highest BCUT2D eigenvalue weighted by Gasteiger charge is 2.18. The van der Waals surface area contributed by atoms with Crippen LogP contribution in [0.4, 0.5) is 5.82 Å². The maximum atomic E-state index is 4.63. The van der Waals surface area contributed by atoms with Gasteiger partial charge in [-0.05, 0) is 20.6 Å². The molecule has 7 heteroatoms. The topological polar surface area (TPSA) is 80.3 Å². The smallest absolute Gasteiger partial charge is 0.182 e. The normalized spacial score (nSPS) is 14.7. The van der Waals surface area contributed by atoms with Gasteiger partial charge in [0.2, 0.25) is 0 Å². The van der Waals surface area contributed by atoms with E-state index in [1.807, 2.05) is 17.7 Å². The van der Waals surface area contributed by atoms with E-state index in [0.29, 0.717) is 17.9 Å². The highest BCUT2D eigenvalue weighted by atomic mass is 15.2. The standard InChI is InChI=1S/C13H15N7/c1-4-20-12(9-5-15-8(2)16-6-9)19-10-11(14-3)17-7-18-13(10)20/h5,7H,3-4,6H2,1-2H3,(H,15,16). The third-order valence-electron chi connectivity index (χ3n) is 3.21. The van der Waals surface area contributed by atoms with Gasteiger partial charge in [-0.25, -0.2) is 19.9 Å². The first-order valence-electron chi connectivity index (χ1n) is 6.39. The van der Waals surface area contributed by atoms with Crippen LogP contribution in [0.1, 0.15) is 19.7 Å². The first kappa shape index (κ1) is 12.5. The van der Waals surface area contributed by atoms with Crippen molar-refractivity contribution in [3.8, 4) is 0 Å². The van der Waals surface area contributed by atoms with Crippen molar-refractivity contribution >= 4 is 35.1 Å². The molecular weight excluding hydrogens is 254 g/mol. The summed E-state index contributed by atoms with van der Waals surface area (Å²) in [6.07, 6.45) is 3.42. The van der Waals surface area contributed by atoms with Gasteiger partial charge in [-0.3, -0.25) is 4.99 Å². The zero-order chi connectivity index (χ0) is 14.1. The minimum absolute atomic E-state index is 0.507. The minimum atomic E-state index is 0.507. The Bertz CT molecular complexity index is 739. The molecule has 3 heterocycles. The van der Waals surface area contributed by atoms with Crippen molar-refractivity contribution in [1.29, 1.82) is 0 Å². The van der Waals surface area contributed by atoms with Crippen molar-refractivity contribution in [3.05, 3.63) is 18.4 Å². The van der Waals surface area contributed by atoms with E-state index in [1.54, 1.807) is 0 Å². The van der Waals surface area contributed by atoms with Crippen LogP contribution in [0.15, 0.2) is 22.5 Å². The van der Waals surface area contributed by atoms with Gasteiger partial charge in [0.25, 0.3) is 0 Å². The summed E-state index contributed by atoms with van der Waals surface area (Å²) >= 11 is 0. The number of hydrogen-bond acceptors (Lipinski definition) is 6. The lowest BCUT2D eigenvalue weighted by atomic mass is 10.2. The number of imidazole rings is 1. The summed E-state index contributed by atoms with van der Waals surface area (Å²) in [6.45, 7) is 8.88.